The first kappa shape index (κ1) is 17.1. The first-order valence-corrected chi connectivity index (χ1v) is 8.40. The maximum absolute atomic E-state index is 10.8. The highest BCUT2D eigenvalue weighted by Gasteiger charge is 2.32. The highest BCUT2D eigenvalue weighted by Crippen LogP contribution is 2.42. The van der Waals surface area contributed by atoms with Gasteiger partial charge in [0.2, 0.25) is 0 Å². The number of benzene rings is 2. The number of aliphatic hydroxyl groups excluding tert-OH is 1. The Balaban J connectivity index is 1.98. The third-order valence-electron chi connectivity index (χ3n) is 3.69. The van der Waals surface area contributed by atoms with E-state index in [4.69, 9.17) is 9.29 Å². The van der Waals surface area contributed by atoms with Crippen molar-refractivity contribution in [3.05, 3.63) is 41.5 Å². The fourth-order valence-corrected chi connectivity index (χ4v) is 3.00. The topological polar surface area (TPSA) is 154 Å². The lowest BCUT2D eigenvalue weighted by Crippen LogP contribution is -2.30. The van der Waals surface area contributed by atoms with Crippen molar-refractivity contribution in [3.63, 3.8) is 0 Å². The van der Waals surface area contributed by atoms with Crippen molar-refractivity contribution < 1.29 is 42.3 Å². The van der Waals surface area contributed by atoms with Crippen LogP contribution in [0.4, 0.5) is 0 Å². The zero-order chi connectivity index (χ0) is 18.4. The molecule has 9 nitrogen and oxygen atoms in total. The molecule has 10 heteroatoms. The molecule has 3 rings (SSSR count). The van der Waals surface area contributed by atoms with Crippen LogP contribution in [0.25, 0.3) is 0 Å². The Morgan fingerprint density at radius 1 is 1.08 bits per heavy atom. The smallest absolute Gasteiger partial charge is 0.446 e. The Kier molecular flexibility index (Phi) is 4.11. The molecule has 2 unspecified atom stereocenters. The lowest BCUT2D eigenvalue weighted by Gasteiger charge is -2.31. The van der Waals surface area contributed by atoms with Gasteiger partial charge in [-0.1, -0.05) is 6.07 Å². The number of aliphatic hydroxyl groups is 1. The van der Waals surface area contributed by atoms with Gasteiger partial charge in [-0.2, -0.15) is 8.42 Å². The SMILES string of the molecule is O=S(=O)(O)Oc1cc(C2Oc3cc(O)cc(O)c3CC2O)ccc1O. The highest BCUT2D eigenvalue weighted by molar-refractivity contribution is 7.81. The summed E-state index contributed by atoms with van der Waals surface area (Å²) in [5.41, 5.74) is 0.562. The molecular formula is C15H14O9S. The molecule has 25 heavy (non-hydrogen) atoms. The molecule has 2 atom stereocenters. The molecule has 0 saturated heterocycles. The number of phenols is 3. The van der Waals surface area contributed by atoms with E-state index in [0.717, 1.165) is 18.2 Å². The second-order valence-electron chi connectivity index (χ2n) is 5.49. The molecule has 0 aromatic heterocycles. The lowest BCUT2D eigenvalue weighted by atomic mass is 9.94. The van der Waals surface area contributed by atoms with Crippen LogP contribution >= 0.6 is 0 Å². The van der Waals surface area contributed by atoms with Gasteiger partial charge in [-0.15, -0.1) is 0 Å². The van der Waals surface area contributed by atoms with Gasteiger partial charge in [-0.3, -0.25) is 4.55 Å². The van der Waals surface area contributed by atoms with E-state index in [1.807, 2.05) is 0 Å². The number of rotatable bonds is 3. The third kappa shape index (κ3) is 3.55. The summed E-state index contributed by atoms with van der Waals surface area (Å²) in [6, 6.07) is 5.96. The predicted octanol–water partition coefficient (Wildman–Crippen LogP) is 1.02. The first-order chi connectivity index (χ1) is 11.6. The van der Waals surface area contributed by atoms with Gasteiger partial charge in [-0.25, -0.2) is 0 Å². The number of fused-ring (bicyclic) bond motifs is 1. The summed E-state index contributed by atoms with van der Waals surface area (Å²) in [5, 5.41) is 39.3. The monoisotopic (exact) mass is 370 g/mol. The van der Waals surface area contributed by atoms with E-state index in [1.54, 1.807) is 0 Å². The minimum absolute atomic E-state index is 0.0154. The molecule has 0 fully saturated rings. The largest absolute Gasteiger partial charge is 0.508 e. The molecule has 5 N–H and O–H groups in total. The normalized spacial score (nSPS) is 19.8. The number of phenolic OH excluding ortho intramolecular Hbond substituents is 3. The van der Waals surface area contributed by atoms with Gasteiger partial charge in [0.05, 0.1) is 6.10 Å². The van der Waals surface area contributed by atoms with Crippen LogP contribution in [0.15, 0.2) is 30.3 Å². The Morgan fingerprint density at radius 3 is 2.48 bits per heavy atom. The van der Waals surface area contributed by atoms with E-state index < -0.39 is 34.1 Å². The average molecular weight is 370 g/mol. The van der Waals surface area contributed by atoms with Crippen molar-refractivity contribution in [2.45, 2.75) is 18.6 Å². The molecule has 0 bridgehead atoms. The van der Waals surface area contributed by atoms with Gasteiger partial charge in [0.1, 0.15) is 23.4 Å². The summed E-state index contributed by atoms with van der Waals surface area (Å²) in [6.07, 6.45) is -2.08. The van der Waals surface area contributed by atoms with E-state index in [0.29, 0.717) is 5.56 Å². The summed E-state index contributed by atoms with van der Waals surface area (Å²) in [6.45, 7) is 0. The quantitative estimate of drug-likeness (QED) is 0.498. The molecule has 2 aromatic rings. The van der Waals surface area contributed by atoms with E-state index in [2.05, 4.69) is 4.18 Å². The van der Waals surface area contributed by atoms with Crippen molar-refractivity contribution in [1.29, 1.82) is 0 Å². The average Bonchev–Trinajstić information content (AvgIpc) is 2.48. The summed E-state index contributed by atoms with van der Waals surface area (Å²) in [7, 11) is -4.85. The van der Waals surface area contributed by atoms with E-state index in [1.165, 1.54) is 12.1 Å². The van der Waals surface area contributed by atoms with Gasteiger partial charge in [0, 0.05) is 24.1 Å². The Bertz CT molecular complexity index is 923. The zero-order valence-corrected chi connectivity index (χ0v) is 13.3. The van der Waals surface area contributed by atoms with Gasteiger partial charge < -0.3 is 29.3 Å². The Morgan fingerprint density at radius 2 is 1.80 bits per heavy atom. The molecule has 0 radical (unpaired) electrons. The summed E-state index contributed by atoms with van der Waals surface area (Å²) in [4.78, 5) is 0. The minimum atomic E-state index is -4.85. The lowest BCUT2D eigenvalue weighted by molar-refractivity contribution is 0.0197. The highest BCUT2D eigenvalue weighted by atomic mass is 32.3. The summed E-state index contributed by atoms with van der Waals surface area (Å²) >= 11 is 0. The fraction of sp³-hybridized carbons (Fsp3) is 0.200. The molecule has 0 saturated carbocycles. The molecule has 1 heterocycles. The van der Waals surface area contributed by atoms with E-state index in [-0.39, 0.29) is 29.2 Å². The van der Waals surface area contributed by atoms with Crippen molar-refractivity contribution in [2.75, 3.05) is 0 Å². The first-order valence-electron chi connectivity index (χ1n) is 7.03. The molecule has 134 valence electrons. The van der Waals surface area contributed by atoms with Crippen LogP contribution < -0.4 is 8.92 Å². The van der Waals surface area contributed by atoms with Crippen LogP contribution in [0.1, 0.15) is 17.2 Å². The third-order valence-corrected chi connectivity index (χ3v) is 4.08. The van der Waals surface area contributed by atoms with Crippen LogP contribution in [-0.4, -0.2) is 39.5 Å². The number of hydrogen-bond acceptors (Lipinski definition) is 8. The number of ether oxygens (including phenoxy) is 1. The van der Waals surface area contributed by atoms with Gasteiger partial charge in [-0.05, 0) is 17.7 Å². The maximum atomic E-state index is 10.8. The summed E-state index contributed by atoms with van der Waals surface area (Å²) in [5.74, 6) is -1.39. The Hall–Kier alpha value is -2.69. The van der Waals surface area contributed by atoms with Crippen LogP contribution in [0.2, 0.25) is 0 Å². The van der Waals surface area contributed by atoms with Gasteiger partial charge >= 0.3 is 10.4 Å². The fourth-order valence-electron chi connectivity index (χ4n) is 2.64. The number of aromatic hydroxyl groups is 3. The molecule has 0 spiro atoms. The summed E-state index contributed by atoms with van der Waals surface area (Å²) < 4.78 is 40.3. The van der Waals surface area contributed by atoms with Gasteiger partial charge in [0.15, 0.2) is 11.5 Å². The molecule has 0 amide bonds. The maximum Gasteiger partial charge on any atom is 0.446 e. The molecular weight excluding hydrogens is 356 g/mol. The van der Waals surface area contributed by atoms with E-state index in [9.17, 15) is 28.8 Å². The van der Waals surface area contributed by atoms with Gasteiger partial charge in [0.25, 0.3) is 0 Å². The second kappa shape index (κ2) is 5.99. The van der Waals surface area contributed by atoms with Crippen LogP contribution in [-0.2, 0) is 16.8 Å². The zero-order valence-electron chi connectivity index (χ0n) is 12.5. The van der Waals surface area contributed by atoms with Crippen molar-refractivity contribution in [1.82, 2.24) is 0 Å². The van der Waals surface area contributed by atoms with E-state index >= 15 is 0 Å². The molecule has 2 aromatic carbocycles. The van der Waals surface area contributed by atoms with Crippen molar-refractivity contribution in [2.24, 2.45) is 0 Å². The molecule has 0 aliphatic carbocycles. The van der Waals surface area contributed by atoms with Crippen molar-refractivity contribution >= 4 is 10.4 Å². The van der Waals surface area contributed by atoms with Crippen molar-refractivity contribution in [3.8, 4) is 28.7 Å². The second-order valence-corrected chi connectivity index (χ2v) is 6.51. The van der Waals surface area contributed by atoms with Crippen LogP contribution in [0.3, 0.4) is 0 Å². The number of hydrogen-bond donors (Lipinski definition) is 5. The predicted molar refractivity (Wildman–Crippen MR) is 83.1 cm³/mol. The standard InChI is InChI=1S/C15H14O9S/c16-8-4-11(18)9-6-12(19)15(23-13(9)5-8)7-1-2-10(17)14(3-7)24-25(20,21)22/h1-5,12,15-19H,6H2,(H,20,21,22). The van der Waals surface area contributed by atoms with Crippen LogP contribution in [0, 0.1) is 0 Å². The van der Waals surface area contributed by atoms with Crippen LogP contribution in [0.5, 0.6) is 28.7 Å². The molecule has 1 aliphatic heterocycles. The Labute approximate surface area is 142 Å². The minimum Gasteiger partial charge on any atom is -0.508 e. The molecule has 1 aliphatic rings.